The molecule has 5 nitrogen and oxygen atoms in total. The zero-order valence-electron chi connectivity index (χ0n) is 17.5. The lowest BCUT2D eigenvalue weighted by molar-refractivity contribution is 0.00904. The average Bonchev–Trinajstić information content (AvgIpc) is 2.72. The number of benzene rings is 2. The summed E-state index contributed by atoms with van der Waals surface area (Å²) in [6.07, 6.45) is 3.19. The van der Waals surface area contributed by atoms with E-state index >= 15 is 0 Å². The molecule has 0 radical (unpaired) electrons. The van der Waals surface area contributed by atoms with Crippen LogP contribution in [-0.4, -0.2) is 40.7 Å². The smallest absolute Gasteiger partial charge is 0.410 e. The molecule has 1 heterocycles. The van der Waals surface area contributed by atoms with Crippen molar-refractivity contribution in [2.45, 2.75) is 38.3 Å². The van der Waals surface area contributed by atoms with Crippen LogP contribution in [-0.2, 0) is 15.7 Å². The Balaban J connectivity index is 0.000000412. The Kier molecular flexibility index (Phi) is 10.4. The predicted octanol–water partition coefficient (Wildman–Crippen LogP) is 5.24. The third kappa shape index (κ3) is 8.55. The molecule has 2 aromatic carbocycles. The van der Waals surface area contributed by atoms with E-state index in [4.69, 9.17) is 16.3 Å². The number of nitrogens with one attached hydrogen (secondary N) is 1. The molecule has 2 aromatic rings. The zero-order valence-corrected chi connectivity index (χ0v) is 19.1. The highest BCUT2D eigenvalue weighted by atomic mass is 35.5. The number of nitrogens with zero attached hydrogens (tertiary/aromatic N) is 1. The van der Waals surface area contributed by atoms with Gasteiger partial charge in [0, 0.05) is 36.4 Å². The van der Waals surface area contributed by atoms with Gasteiger partial charge in [-0.1, -0.05) is 35.9 Å². The van der Waals surface area contributed by atoms with E-state index in [9.17, 15) is 17.8 Å². The summed E-state index contributed by atoms with van der Waals surface area (Å²) < 4.78 is 45.1. The fraction of sp³-hybridized carbons (Fsp3) is 0.409. The number of carbonyl (C=O) groups excluding carboxylic acids is 1. The van der Waals surface area contributed by atoms with E-state index in [2.05, 4.69) is 4.72 Å². The number of ether oxygens (including phenoxy) is 1. The number of cyclic esters (lactones) is 1. The molecule has 170 valence electrons. The molecule has 1 aliphatic heterocycles. The maximum Gasteiger partial charge on any atom is 0.410 e. The summed E-state index contributed by atoms with van der Waals surface area (Å²) in [5.74, 6) is -0.605. The van der Waals surface area contributed by atoms with Crippen LogP contribution in [0.2, 0.25) is 5.02 Å². The fourth-order valence-electron chi connectivity index (χ4n) is 3.17. The third-order valence-corrected chi connectivity index (χ3v) is 5.66. The van der Waals surface area contributed by atoms with E-state index in [-0.39, 0.29) is 11.9 Å². The minimum absolute atomic E-state index is 0.150. The largest absolute Gasteiger partial charge is 0.446 e. The van der Waals surface area contributed by atoms with Gasteiger partial charge in [-0.15, -0.1) is 0 Å². The highest BCUT2D eigenvalue weighted by molar-refractivity contribution is 7.82. The monoisotopic (exact) mass is 472 g/mol. The molecular weight excluding hydrogens is 446 g/mol. The van der Waals surface area contributed by atoms with Gasteiger partial charge < -0.3 is 9.64 Å². The van der Waals surface area contributed by atoms with Crippen LogP contribution in [0.15, 0.2) is 48.5 Å². The number of hydrogen-bond donors (Lipinski definition) is 1. The van der Waals surface area contributed by atoms with Crippen LogP contribution in [0.25, 0.3) is 0 Å². The van der Waals surface area contributed by atoms with Crippen molar-refractivity contribution >= 4 is 28.7 Å². The topological polar surface area (TPSA) is 58.6 Å². The van der Waals surface area contributed by atoms with Crippen molar-refractivity contribution < 1.29 is 22.5 Å². The molecule has 0 bridgehead atoms. The van der Waals surface area contributed by atoms with Crippen LogP contribution in [0.4, 0.5) is 13.6 Å². The van der Waals surface area contributed by atoms with Crippen molar-refractivity contribution in [3.8, 4) is 0 Å². The summed E-state index contributed by atoms with van der Waals surface area (Å²) >= 11 is 5.77. The molecule has 0 saturated carbocycles. The highest BCUT2D eigenvalue weighted by Crippen LogP contribution is 2.29. The van der Waals surface area contributed by atoms with Crippen molar-refractivity contribution in [3.05, 3.63) is 70.8 Å². The molecule has 9 heteroatoms. The van der Waals surface area contributed by atoms with Crippen LogP contribution >= 0.6 is 11.6 Å². The second-order valence-corrected chi connectivity index (χ2v) is 8.75. The summed E-state index contributed by atoms with van der Waals surface area (Å²) in [6.45, 7) is 2.90. The van der Waals surface area contributed by atoms with E-state index in [0.717, 1.165) is 6.42 Å². The number of carbonyl (C=O) groups is 1. The predicted molar refractivity (Wildman–Crippen MR) is 119 cm³/mol. The zero-order chi connectivity index (χ0) is 22.8. The molecule has 31 heavy (non-hydrogen) atoms. The second-order valence-electron chi connectivity index (χ2n) is 7.12. The van der Waals surface area contributed by atoms with Crippen molar-refractivity contribution in [1.29, 1.82) is 0 Å². The Labute approximate surface area is 189 Å². The van der Waals surface area contributed by atoms with Gasteiger partial charge in [0.15, 0.2) is 0 Å². The second kappa shape index (κ2) is 12.7. The summed E-state index contributed by atoms with van der Waals surface area (Å²) in [6, 6.07) is 12.0. The average molecular weight is 473 g/mol. The van der Waals surface area contributed by atoms with Crippen LogP contribution in [0, 0.1) is 11.6 Å². The van der Waals surface area contributed by atoms with Crippen LogP contribution < -0.4 is 4.72 Å². The van der Waals surface area contributed by atoms with Crippen molar-refractivity contribution in [2.75, 3.05) is 19.3 Å². The van der Waals surface area contributed by atoms with E-state index in [0.29, 0.717) is 36.5 Å². The van der Waals surface area contributed by atoms with E-state index in [1.807, 2.05) is 0 Å². The van der Waals surface area contributed by atoms with Gasteiger partial charge in [-0.2, -0.15) is 0 Å². The van der Waals surface area contributed by atoms with Gasteiger partial charge in [-0.25, -0.2) is 22.5 Å². The number of hydrogen-bond acceptors (Lipinski definition) is 3. The number of rotatable bonds is 7. The van der Waals surface area contributed by atoms with Gasteiger partial charge in [-0.3, -0.25) is 0 Å². The summed E-state index contributed by atoms with van der Waals surface area (Å²) in [7, 11) is -1.03. The highest BCUT2D eigenvalue weighted by Gasteiger charge is 2.31. The number of halogens is 3. The molecule has 0 spiro atoms. The van der Waals surface area contributed by atoms with Gasteiger partial charge in [0.2, 0.25) is 0 Å². The molecule has 1 amide bonds. The minimum atomic E-state index is -1.03. The molecule has 0 aromatic heterocycles. The molecule has 3 rings (SSSR count). The molecule has 0 aliphatic carbocycles. The first kappa shape index (κ1) is 25.2. The molecule has 1 aliphatic rings. The molecule has 3 atom stereocenters. The lowest BCUT2D eigenvalue weighted by Gasteiger charge is -2.36. The fourth-order valence-corrected chi connectivity index (χ4v) is 3.76. The van der Waals surface area contributed by atoms with Gasteiger partial charge in [0.1, 0.15) is 17.7 Å². The Morgan fingerprint density at radius 3 is 2.52 bits per heavy atom. The van der Waals surface area contributed by atoms with Crippen molar-refractivity contribution in [3.63, 3.8) is 0 Å². The third-order valence-electron chi connectivity index (χ3n) is 4.82. The first-order valence-electron chi connectivity index (χ1n) is 9.97. The van der Waals surface area contributed by atoms with Crippen LogP contribution in [0.5, 0.6) is 0 Å². The number of amides is 1. The normalized spacial score (nSPS) is 17.9. The summed E-state index contributed by atoms with van der Waals surface area (Å²) in [4.78, 5) is 13.8. The summed E-state index contributed by atoms with van der Waals surface area (Å²) in [5, 5.41) is 0.325. The quantitative estimate of drug-likeness (QED) is 0.560. The SMILES string of the molecule is CC(c1ccc(Cl)cc1F)N1CCC(CCCNS(C)=O)OC1=O.Fc1ccccc1. The molecule has 3 unspecified atom stereocenters. The van der Waals surface area contributed by atoms with E-state index in [1.165, 1.54) is 23.1 Å². The summed E-state index contributed by atoms with van der Waals surface area (Å²) in [5.41, 5.74) is 0.421. The molecule has 1 fully saturated rings. The Morgan fingerprint density at radius 2 is 1.97 bits per heavy atom. The van der Waals surface area contributed by atoms with Crippen LogP contribution in [0.3, 0.4) is 0 Å². The van der Waals surface area contributed by atoms with Gasteiger partial charge in [0.05, 0.1) is 17.0 Å². The van der Waals surface area contributed by atoms with Crippen molar-refractivity contribution in [1.82, 2.24) is 9.62 Å². The van der Waals surface area contributed by atoms with Gasteiger partial charge in [0.25, 0.3) is 0 Å². The van der Waals surface area contributed by atoms with Crippen LogP contribution in [0.1, 0.15) is 37.8 Å². The van der Waals surface area contributed by atoms with Gasteiger partial charge in [-0.05, 0) is 44.0 Å². The van der Waals surface area contributed by atoms with E-state index < -0.39 is 28.9 Å². The standard InChI is InChI=1S/C16H22ClFN2O3S.C6H5F/c1-11(14-6-5-12(17)10-15(14)18)20-9-7-13(23-16(20)21)4-3-8-19-24(2)22;7-6-4-2-1-3-5-6/h5-6,10-11,13,19H,3-4,7-9H2,1-2H3;1-5H. The molecule has 1 saturated heterocycles. The molecule has 1 N–H and O–H groups in total. The lowest BCUT2D eigenvalue weighted by atomic mass is 10.0. The maximum absolute atomic E-state index is 14.0. The van der Waals surface area contributed by atoms with Crippen molar-refractivity contribution in [2.24, 2.45) is 0 Å². The first-order chi connectivity index (χ1) is 14.8. The van der Waals surface area contributed by atoms with Gasteiger partial charge >= 0.3 is 6.09 Å². The Bertz CT molecular complexity index is 873. The minimum Gasteiger partial charge on any atom is -0.446 e. The first-order valence-corrected chi connectivity index (χ1v) is 11.9. The molecular formula is C22H27ClF2N2O3S. The Morgan fingerprint density at radius 1 is 1.26 bits per heavy atom. The van der Waals surface area contributed by atoms with E-state index in [1.54, 1.807) is 43.5 Å². The maximum atomic E-state index is 14.0. The Hall–Kier alpha value is -2.03. The lowest BCUT2D eigenvalue weighted by Crippen LogP contribution is -2.43.